The molecular weight excluding hydrogens is 362 g/mol. The fraction of sp³-hybridized carbons (Fsp3) is 0.250. The summed E-state index contributed by atoms with van der Waals surface area (Å²) >= 11 is 3.02. The molecule has 3 rings (SSSR count). The van der Waals surface area contributed by atoms with Crippen LogP contribution in [0.25, 0.3) is 10.2 Å². The number of nitrogens with one attached hydrogen (secondary N) is 1. The summed E-state index contributed by atoms with van der Waals surface area (Å²) in [5.41, 5.74) is 5.89. The maximum atomic E-state index is 11.9. The summed E-state index contributed by atoms with van der Waals surface area (Å²) in [5.74, 6) is 0.150. The first-order valence-electron chi connectivity index (χ1n) is 8.33. The zero-order valence-electron chi connectivity index (χ0n) is 15.0. The predicted molar refractivity (Wildman–Crippen MR) is 111 cm³/mol. The lowest BCUT2D eigenvalue weighted by atomic mass is 9.87. The van der Waals surface area contributed by atoms with E-state index in [9.17, 15) is 4.79 Å². The van der Waals surface area contributed by atoms with Gasteiger partial charge in [0.25, 0.3) is 5.91 Å². The summed E-state index contributed by atoms with van der Waals surface area (Å²) in [6, 6.07) is 16.2. The highest BCUT2D eigenvalue weighted by molar-refractivity contribution is 8.01. The molecule has 1 aromatic heterocycles. The first-order chi connectivity index (χ1) is 12.4. The quantitative estimate of drug-likeness (QED) is 0.390. The van der Waals surface area contributed by atoms with E-state index >= 15 is 0 Å². The molecule has 1 amide bonds. The third kappa shape index (κ3) is 4.93. The van der Waals surface area contributed by atoms with E-state index in [2.05, 4.69) is 48.4 Å². The Labute approximate surface area is 161 Å². The third-order valence-electron chi connectivity index (χ3n) is 3.78. The number of thiazole rings is 1. The van der Waals surface area contributed by atoms with E-state index in [0.717, 1.165) is 20.1 Å². The second-order valence-electron chi connectivity index (χ2n) is 6.90. The number of hydrogen-bond acceptors (Lipinski definition) is 5. The SMILES string of the molecule is CC(C)(C)c1ccc(/C=N\NC(=O)CSc2nc3ccccc3s2)cc1. The van der Waals surface area contributed by atoms with Gasteiger partial charge in [-0.05, 0) is 28.7 Å². The van der Waals surface area contributed by atoms with E-state index < -0.39 is 0 Å². The number of rotatable bonds is 5. The second kappa shape index (κ2) is 8.01. The Kier molecular flexibility index (Phi) is 5.74. The van der Waals surface area contributed by atoms with Gasteiger partial charge < -0.3 is 0 Å². The van der Waals surface area contributed by atoms with Crippen LogP contribution in [0.4, 0.5) is 0 Å². The molecule has 3 aromatic rings. The van der Waals surface area contributed by atoms with Crippen LogP contribution in [-0.2, 0) is 10.2 Å². The summed E-state index contributed by atoms with van der Waals surface area (Å²) in [6.45, 7) is 6.54. The minimum absolute atomic E-state index is 0.127. The number of amides is 1. The molecule has 0 saturated carbocycles. The Morgan fingerprint density at radius 1 is 1.19 bits per heavy atom. The molecule has 1 N–H and O–H groups in total. The average molecular weight is 384 g/mol. The van der Waals surface area contributed by atoms with E-state index in [1.54, 1.807) is 17.6 Å². The van der Waals surface area contributed by atoms with Crippen molar-refractivity contribution in [2.75, 3.05) is 5.75 Å². The zero-order chi connectivity index (χ0) is 18.6. The molecule has 0 fully saturated rings. The fourth-order valence-corrected chi connectivity index (χ4v) is 4.18. The Balaban J connectivity index is 1.49. The van der Waals surface area contributed by atoms with Gasteiger partial charge in [0.05, 0.1) is 22.2 Å². The summed E-state index contributed by atoms with van der Waals surface area (Å²) in [6.07, 6.45) is 1.66. The Bertz CT molecular complexity index is 891. The molecule has 0 aliphatic carbocycles. The molecular formula is C20H21N3OS2. The van der Waals surface area contributed by atoms with Gasteiger partial charge in [0.1, 0.15) is 0 Å². The molecule has 0 atom stereocenters. The number of benzene rings is 2. The zero-order valence-corrected chi connectivity index (χ0v) is 16.7. The van der Waals surface area contributed by atoms with Gasteiger partial charge in [-0.25, -0.2) is 10.4 Å². The molecule has 2 aromatic carbocycles. The van der Waals surface area contributed by atoms with Gasteiger partial charge in [-0.1, -0.05) is 68.9 Å². The number of aromatic nitrogens is 1. The highest BCUT2D eigenvalue weighted by Crippen LogP contribution is 2.29. The molecule has 0 spiro atoms. The summed E-state index contributed by atoms with van der Waals surface area (Å²) in [5, 5.41) is 4.03. The van der Waals surface area contributed by atoms with E-state index in [1.807, 2.05) is 36.4 Å². The second-order valence-corrected chi connectivity index (χ2v) is 9.15. The molecule has 0 radical (unpaired) electrons. The van der Waals surface area contributed by atoms with Crippen molar-refractivity contribution in [2.24, 2.45) is 5.10 Å². The molecule has 6 heteroatoms. The molecule has 26 heavy (non-hydrogen) atoms. The minimum Gasteiger partial charge on any atom is -0.272 e. The summed E-state index contributed by atoms with van der Waals surface area (Å²) in [4.78, 5) is 16.4. The monoisotopic (exact) mass is 383 g/mol. The molecule has 134 valence electrons. The number of hydrogen-bond donors (Lipinski definition) is 1. The van der Waals surface area contributed by atoms with Crippen LogP contribution < -0.4 is 5.43 Å². The lowest BCUT2D eigenvalue weighted by molar-refractivity contribution is -0.118. The van der Waals surface area contributed by atoms with Crippen molar-refractivity contribution in [1.82, 2.24) is 10.4 Å². The van der Waals surface area contributed by atoms with Crippen LogP contribution in [0.15, 0.2) is 58.0 Å². The number of carbonyl (C=O) groups is 1. The van der Waals surface area contributed by atoms with Gasteiger partial charge in [0.2, 0.25) is 0 Å². The number of nitrogens with zero attached hydrogens (tertiary/aromatic N) is 2. The minimum atomic E-state index is -0.142. The third-order valence-corrected chi connectivity index (χ3v) is 5.96. The molecule has 0 unspecified atom stereocenters. The van der Waals surface area contributed by atoms with Crippen LogP contribution in [-0.4, -0.2) is 22.9 Å². The highest BCUT2D eigenvalue weighted by atomic mass is 32.2. The average Bonchev–Trinajstić information content (AvgIpc) is 3.03. The fourth-order valence-electron chi connectivity index (χ4n) is 2.32. The van der Waals surface area contributed by atoms with Gasteiger partial charge in [0.15, 0.2) is 4.34 Å². The number of carbonyl (C=O) groups excluding carboxylic acids is 1. The van der Waals surface area contributed by atoms with Crippen molar-refractivity contribution in [3.05, 3.63) is 59.7 Å². The van der Waals surface area contributed by atoms with Gasteiger partial charge in [0, 0.05) is 0 Å². The first-order valence-corrected chi connectivity index (χ1v) is 10.1. The van der Waals surface area contributed by atoms with Crippen molar-refractivity contribution < 1.29 is 4.79 Å². The summed E-state index contributed by atoms with van der Waals surface area (Å²) in [7, 11) is 0. The lowest BCUT2D eigenvalue weighted by Gasteiger charge is -2.18. The number of fused-ring (bicyclic) bond motifs is 1. The largest absolute Gasteiger partial charge is 0.272 e. The molecule has 0 aliphatic rings. The van der Waals surface area contributed by atoms with Crippen LogP contribution in [0.5, 0.6) is 0 Å². The number of thioether (sulfide) groups is 1. The molecule has 0 saturated heterocycles. The standard InChI is InChI=1S/C20H21N3OS2/c1-20(2,3)15-10-8-14(9-11-15)12-21-23-18(24)13-25-19-22-16-6-4-5-7-17(16)26-19/h4-12H,13H2,1-3H3,(H,23,24)/b21-12-. The van der Waals surface area contributed by atoms with Crippen molar-refractivity contribution in [3.63, 3.8) is 0 Å². The van der Waals surface area contributed by atoms with Gasteiger partial charge in [-0.3, -0.25) is 4.79 Å². The van der Waals surface area contributed by atoms with Gasteiger partial charge >= 0.3 is 0 Å². The van der Waals surface area contributed by atoms with Crippen LogP contribution in [0.1, 0.15) is 31.9 Å². The topological polar surface area (TPSA) is 54.4 Å². The predicted octanol–water partition coefficient (Wildman–Crippen LogP) is 4.84. The van der Waals surface area contributed by atoms with Crippen molar-refractivity contribution in [1.29, 1.82) is 0 Å². The highest BCUT2D eigenvalue weighted by Gasteiger charge is 2.12. The van der Waals surface area contributed by atoms with Gasteiger partial charge in [-0.15, -0.1) is 11.3 Å². The van der Waals surface area contributed by atoms with E-state index in [-0.39, 0.29) is 11.3 Å². The van der Waals surface area contributed by atoms with Crippen molar-refractivity contribution in [3.8, 4) is 0 Å². The number of para-hydroxylation sites is 1. The maximum Gasteiger partial charge on any atom is 0.250 e. The molecule has 4 nitrogen and oxygen atoms in total. The lowest BCUT2D eigenvalue weighted by Crippen LogP contribution is -2.19. The molecule has 0 bridgehead atoms. The van der Waals surface area contributed by atoms with E-state index in [1.165, 1.54) is 17.3 Å². The Morgan fingerprint density at radius 3 is 2.62 bits per heavy atom. The number of hydrazone groups is 1. The van der Waals surface area contributed by atoms with Crippen molar-refractivity contribution in [2.45, 2.75) is 30.5 Å². The van der Waals surface area contributed by atoms with Crippen LogP contribution in [0, 0.1) is 0 Å². The van der Waals surface area contributed by atoms with E-state index in [0.29, 0.717) is 5.75 Å². The van der Waals surface area contributed by atoms with Crippen LogP contribution in [0.2, 0.25) is 0 Å². The van der Waals surface area contributed by atoms with E-state index in [4.69, 9.17) is 0 Å². The maximum absolute atomic E-state index is 11.9. The normalized spacial score (nSPS) is 12.0. The Hall–Kier alpha value is -2.18. The summed E-state index contributed by atoms with van der Waals surface area (Å²) < 4.78 is 2.02. The molecule has 1 heterocycles. The Morgan fingerprint density at radius 2 is 1.92 bits per heavy atom. The van der Waals surface area contributed by atoms with Gasteiger partial charge in [-0.2, -0.15) is 5.10 Å². The van der Waals surface area contributed by atoms with Crippen molar-refractivity contribution >= 4 is 45.4 Å². The van der Waals surface area contributed by atoms with Crippen LogP contribution >= 0.6 is 23.1 Å². The smallest absolute Gasteiger partial charge is 0.250 e. The first kappa shape index (κ1) is 18.6. The van der Waals surface area contributed by atoms with Crippen LogP contribution in [0.3, 0.4) is 0 Å². The molecule has 0 aliphatic heterocycles.